The summed E-state index contributed by atoms with van der Waals surface area (Å²) < 4.78 is 13.1. The molecule has 2 heterocycles. The second kappa shape index (κ2) is 9.63. The predicted octanol–water partition coefficient (Wildman–Crippen LogP) is 4.56. The van der Waals surface area contributed by atoms with Crippen molar-refractivity contribution in [3.05, 3.63) is 64.7 Å². The molecular weight excluding hydrogens is 371 g/mol. The van der Waals surface area contributed by atoms with E-state index < -0.39 is 5.97 Å². The molecule has 3 rings (SSSR count). The summed E-state index contributed by atoms with van der Waals surface area (Å²) in [6.07, 6.45) is 5.17. The van der Waals surface area contributed by atoms with Crippen LogP contribution in [-0.2, 0) is 17.6 Å². The third-order valence-corrected chi connectivity index (χ3v) is 5.45. The van der Waals surface area contributed by atoms with Crippen LogP contribution in [0.25, 0.3) is 0 Å². The number of likely N-dealkylation sites (tertiary alicyclic amines) is 1. The molecule has 0 aliphatic carbocycles. The van der Waals surface area contributed by atoms with Gasteiger partial charge in [0, 0.05) is 13.0 Å². The van der Waals surface area contributed by atoms with E-state index in [1.165, 1.54) is 12.1 Å². The van der Waals surface area contributed by atoms with E-state index in [0.717, 1.165) is 43.5 Å². The Balaban J connectivity index is 1.81. The molecule has 1 aromatic carbocycles. The van der Waals surface area contributed by atoms with Gasteiger partial charge in [0.1, 0.15) is 5.82 Å². The van der Waals surface area contributed by atoms with Crippen molar-refractivity contribution in [2.75, 3.05) is 6.54 Å². The highest BCUT2D eigenvalue weighted by molar-refractivity contribution is 5.88. The first-order chi connectivity index (χ1) is 14.0. The number of carbonyl (C=O) groups is 2. The van der Waals surface area contributed by atoms with Crippen molar-refractivity contribution in [1.82, 2.24) is 9.88 Å². The Labute approximate surface area is 170 Å². The number of aromatic carboxylic acids is 1. The zero-order chi connectivity index (χ0) is 20.8. The van der Waals surface area contributed by atoms with Gasteiger partial charge in [-0.2, -0.15) is 0 Å². The second-order valence-electron chi connectivity index (χ2n) is 7.51. The van der Waals surface area contributed by atoms with Gasteiger partial charge in [-0.1, -0.05) is 25.5 Å². The molecule has 0 saturated carbocycles. The normalized spacial score (nSPS) is 16.2. The minimum absolute atomic E-state index is 0.0910. The lowest BCUT2D eigenvalue weighted by Gasteiger charge is -2.25. The third-order valence-electron chi connectivity index (χ3n) is 5.45. The number of aryl methyl sites for hydroxylation is 2. The average Bonchev–Trinajstić information content (AvgIpc) is 3.21. The van der Waals surface area contributed by atoms with Crippen molar-refractivity contribution in [3.8, 4) is 0 Å². The van der Waals surface area contributed by atoms with Crippen molar-refractivity contribution in [3.63, 3.8) is 0 Å². The van der Waals surface area contributed by atoms with Gasteiger partial charge in [0.25, 0.3) is 0 Å². The molecule has 1 fully saturated rings. The Bertz CT molecular complexity index is 867. The van der Waals surface area contributed by atoms with Crippen molar-refractivity contribution in [2.45, 2.75) is 57.9 Å². The van der Waals surface area contributed by atoms with E-state index in [9.17, 15) is 19.1 Å². The molecule has 1 aromatic heterocycles. The SMILES string of the molecule is CCCCC(=O)N1CCCC1c1ccc(C(=O)O)c(CCc2ccc(F)cc2)n1. The fraction of sp³-hybridized carbons (Fsp3) is 0.435. The molecule has 1 N–H and O–H groups in total. The van der Waals surface area contributed by atoms with Gasteiger partial charge in [0.2, 0.25) is 5.91 Å². The smallest absolute Gasteiger partial charge is 0.337 e. The van der Waals surface area contributed by atoms with Gasteiger partial charge in [-0.25, -0.2) is 9.18 Å². The number of halogens is 1. The van der Waals surface area contributed by atoms with Crippen LogP contribution in [0.3, 0.4) is 0 Å². The highest BCUT2D eigenvalue weighted by atomic mass is 19.1. The predicted molar refractivity (Wildman–Crippen MR) is 108 cm³/mol. The van der Waals surface area contributed by atoms with Crippen LogP contribution >= 0.6 is 0 Å². The first-order valence-corrected chi connectivity index (χ1v) is 10.3. The molecule has 6 heteroatoms. The van der Waals surface area contributed by atoms with Gasteiger partial charge < -0.3 is 10.0 Å². The summed E-state index contributed by atoms with van der Waals surface area (Å²) in [6, 6.07) is 9.44. The lowest BCUT2D eigenvalue weighted by molar-refractivity contribution is -0.132. The third kappa shape index (κ3) is 5.19. The summed E-state index contributed by atoms with van der Waals surface area (Å²) in [5, 5.41) is 9.54. The maximum absolute atomic E-state index is 13.1. The number of aromatic nitrogens is 1. The monoisotopic (exact) mass is 398 g/mol. The molecule has 1 aliphatic heterocycles. The molecule has 1 unspecified atom stereocenters. The number of nitrogens with zero attached hydrogens (tertiary/aromatic N) is 2. The lowest BCUT2D eigenvalue weighted by atomic mass is 10.0. The topological polar surface area (TPSA) is 70.5 Å². The van der Waals surface area contributed by atoms with Gasteiger partial charge in [-0.05, 0) is 61.9 Å². The molecular formula is C23H27FN2O3. The number of hydrogen-bond acceptors (Lipinski definition) is 3. The van der Waals surface area contributed by atoms with Crippen LogP contribution < -0.4 is 0 Å². The van der Waals surface area contributed by atoms with Crippen molar-refractivity contribution in [1.29, 1.82) is 0 Å². The Morgan fingerprint density at radius 2 is 1.93 bits per heavy atom. The van der Waals surface area contributed by atoms with Gasteiger partial charge in [-0.15, -0.1) is 0 Å². The molecule has 154 valence electrons. The van der Waals surface area contributed by atoms with Gasteiger partial charge in [0.15, 0.2) is 0 Å². The number of rotatable bonds is 8. The number of pyridine rings is 1. The van der Waals surface area contributed by atoms with E-state index in [2.05, 4.69) is 11.9 Å². The fourth-order valence-electron chi connectivity index (χ4n) is 3.85. The highest BCUT2D eigenvalue weighted by Crippen LogP contribution is 2.32. The van der Waals surface area contributed by atoms with Gasteiger partial charge in [0.05, 0.1) is 23.0 Å². The fourth-order valence-corrected chi connectivity index (χ4v) is 3.85. The Morgan fingerprint density at radius 1 is 1.17 bits per heavy atom. The first kappa shape index (κ1) is 21.0. The van der Waals surface area contributed by atoms with E-state index in [4.69, 9.17) is 0 Å². The molecule has 1 saturated heterocycles. The quantitative estimate of drug-likeness (QED) is 0.708. The van der Waals surface area contributed by atoms with E-state index in [-0.39, 0.29) is 23.3 Å². The van der Waals surface area contributed by atoms with Crippen molar-refractivity contribution >= 4 is 11.9 Å². The summed E-state index contributed by atoms with van der Waals surface area (Å²) in [4.78, 5) is 30.8. The number of benzene rings is 1. The summed E-state index contributed by atoms with van der Waals surface area (Å²) in [6.45, 7) is 2.79. The maximum Gasteiger partial charge on any atom is 0.337 e. The first-order valence-electron chi connectivity index (χ1n) is 10.3. The number of carboxylic acids is 1. The molecule has 2 aromatic rings. The number of amides is 1. The molecule has 1 amide bonds. The van der Waals surface area contributed by atoms with Crippen LogP contribution in [-0.4, -0.2) is 33.4 Å². The van der Waals surface area contributed by atoms with E-state index in [0.29, 0.717) is 25.0 Å². The Hall–Kier alpha value is -2.76. The zero-order valence-corrected chi connectivity index (χ0v) is 16.7. The number of carbonyl (C=O) groups excluding carboxylic acids is 1. The van der Waals surface area contributed by atoms with E-state index in [1.807, 2.05) is 4.90 Å². The van der Waals surface area contributed by atoms with Crippen LogP contribution in [0.2, 0.25) is 0 Å². The minimum Gasteiger partial charge on any atom is -0.478 e. The van der Waals surface area contributed by atoms with Crippen LogP contribution in [0.15, 0.2) is 36.4 Å². The number of hydrogen-bond donors (Lipinski definition) is 1. The lowest BCUT2D eigenvalue weighted by Crippen LogP contribution is -2.31. The molecule has 5 nitrogen and oxygen atoms in total. The zero-order valence-electron chi connectivity index (χ0n) is 16.7. The summed E-state index contributed by atoms with van der Waals surface area (Å²) >= 11 is 0. The number of unbranched alkanes of at least 4 members (excludes halogenated alkanes) is 1. The molecule has 0 radical (unpaired) electrons. The molecule has 0 spiro atoms. The molecule has 1 aliphatic rings. The van der Waals surface area contributed by atoms with Crippen LogP contribution in [0.4, 0.5) is 4.39 Å². The average molecular weight is 398 g/mol. The standard InChI is InChI=1S/C23H27FN2O3/c1-2-3-6-22(27)26-15-4-5-21(26)20-14-12-18(23(28)29)19(25-20)13-9-16-7-10-17(24)11-8-16/h7-8,10-12,14,21H,2-6,9,13,15H2,1H3,(H,28,29). The van der Waals surface area contributed by atoms with Crippen LogP contribution in [0.5, 0.6) is 0 Å². The second-order valence-corrected chi connectivity index (χ2v) is 7.51. The van der Waals surface area contributed by atoms with E-state index in [1.54, 1.807) is 24.3 Å². The Morgan fingerprint density at radius 3 is 2.62 bits per heavy atom. The van der Waals surface area contributed by atoms with Crippen molar-refractivity contribution < 1.29 is 19.1 Å². The van der Waals surface area contributed by atoms with Gasteiger partial charge >= 0.3 is 5.97 Å². The molecule has 1 atom stereocenters. The number of carboxylic acid groups (broad SMARTS) is 1. The summed E-state index contributed by atoms with van der Waals surface area (Å²) in [7, 11) is 0. The molecule has 0 bridgehead atoms. The summed E-state index contributed by atoms with van der Waals surface area (Å²) in [5.41, 5.74) is 2.36. The van der Waals surface area contributed by atoms with E-state index >= 15 is 0 Å². The maximum atomic E-state index is 13.1. The van der Waals surface area contributed by atoms with Crippen LogP contribution in [0.1, 0.15) is 72.4 Å². The highest BCUT2D eigenvalue weighted by Gasteiger charge is 2.31. The minimum atomic E-state index is -1.01. The Kier molecular flexibility index (Phi) is 6.96. The summed E-state index contributed by atoms with van der Waals surface area (Å²) in [5.74, 6) is -1.17. The largest absolute Gasteiger partial charge is 0.478 e. The van der Waals surface area contributed by atoms with Crippen molar-refractivity contribution in [2.24, 2.45) is 0 Å². The van der Waals surface area contributed by atoms with Crippen LogP contribution in [0, 0.1) is 5.82 Å². The molecule has 29 heavy (non-hydrogen) atoms. The van der Waals surface area contributed by atoms with Gasteiger partial charge in [-0.3, -0.25) is 9.78 Å².